The van der Waals surface area contributed by atoms with E-state index in [9.17, 15) is 5.11 Å². The van der Waals surface area contributed by atoms with Crippen LogP contribution < -0.4 is 9.47 Å². The van der Waals surface area contributed by atoms with Crippen molar-refractivity contribution in [2.75, 3.05) is 6.79 Å². The lowest BCUT2D eigenvalue weighted by molar-refractivity contribution is 0.174. The Morgan fingerprint density at radius 3 is 2.72 bits per heavy atom. The summed E-state index contributed by atoms with van der Waals surface area (Å²) in [4.78, 5) is 9.06. The molecule has 0 spiro atoms. The maximum atomic E-state index is 11.1. The molecule has 5 nitrogen and oxygen atoms in total. The van der Waals surface area contributed by atoms with Crippen molar-refractivity contribution in [2.24, 2.45) is 0 Å². The molecule has 0 aliphatic carbocycles. The van der Waals surface area contributed by atoms with Crippen molar-refractivity contribution in [3.05, 3.63) is 89.4 Å². The second-order valence-corrected chi connectivity index (χ2v) is 7.22. The van der Waals surface area contributed by atoms with E-state index in [1.54, 1.807) is 6.20 Å². The summed E-state index contributed by atoms with van der Waals surface area (Å²) in [7, 11) is 0. The van der Waals surface area contributed by atoms with Gasteiger partial charge in [-0.05, 0) is 42.8 Å². The van der Waals surface area contributed by atoms with Gasteiger partial charge in [-0.15, -0.1) is 0 Å². The summed E-state index contributed by atoms with van der Waals surface area (Å²) in [6.07, 6.45) is 2.43. The maximum absolute atomic E-state index is 11.1. The summed E-state index contributed by atoms with van der Waals surface area (Å²) < 4.78 is 11.0. The lowest BCUT2D eigenvalue weighted by atomic mass is 9.86. The summed E-state index contributed by atoms with van der Waals surface area (Å²) in [6, 6.07) is 19.7. The van der Waals surface area contributed by atoms with Crippen LogP contribution in [-0.2, 0) is 6.42 Å². The molecule has 0 bridgehead atoms. The van der Waals surface area contributed by atoms with E-state index in [1.165, 1.54) is 0 Å². The number of nitrogens with zero attached hydrogens (tertiary/aromatic N) is 2. The number of aryl methyl sites for hydroxylation is 1. The Labute approximate surface area is 168 Å². The van der Waals surface area contributed by atoms with Gasteiger partial charge in [0, 0.05) is 40.9 Å². The number of phenols is 1. The minimum Gasteiger partial charge on any atom is -0.505 e. The molecule has 144 valence electrons. The van der Waals surface area contributed by atoms with Crippen molar-refractivity contribution >= 4 is 10.9 Å². The minimum atomic E-state index is -0.105. The van der Waals surface area contributed by atoms with E-state index >= 15 is 0 Å². The molecular formula is C24H20N2O3. The fraction of sp³-hybridized carbons (Fsp3) is 0.167. The van der Waals surface area contributed by atoms with Crippen LogP contribution in [0.2, 0.25) is 0 Å². The van der Waals surface area contributed by atoms with Gasteiger partial charge in [0.2, 0.25) is 6.79 Å². The Morgan fingerprint density at radius 2 is 1.86 bits per heavy atom. The molecule has 3 heterocycles. The zero-order chi connectivity index (χ0) is 19.8. The first-order valence-electron chi connectivity index (χ1n) is 9.58. The summed E-state index contributed by atoms with van der Waals surface area (Å²) in [5.41, 5.74) is 4.29. The number of aromatic nitrogens is 2. The molecule has 1 aliphatic heterocycles. The SMILES string of the molecule is Cc1ccc2ccc(C(Cc3ccccn3)c3ccc4c(c3)OCO4)c(O)c2n1. The Hall–Kier alpha value is -3.60. The van der Waals surface area contributed by atoms with E-state index in [0.29, 0.717) is 11.9 Å². The molecule has 0 saturated heterocycles. The van der Waals surface area contributed by atoms with E-state index in [2.05, 4.69) is 9.97 Å². The monoisotopic (exact) mass is 384 g/mol. The molecule has 1 N–H and O–H groups in total. The minimum absolute atomic E-state index is 0.105. The summed E-state index contributed by atoms with van der Waals surface area (Å²) in [6.45, 7) is 2.16. The van der Waals surface area contributed by atoms with Crippen LogP contribution in [0.5, 0.6) is 17.2 Å². The lowest BCUT2D eigenvalue weighted by Crippen LogP contribution is -2.07. The molecule has 4 aromatic rings. The number of hydrogen-bond donors (Lipinski definition) is 1. The summed E-state index contributed by atoms with van der Waals surface area (Å²) >= 11 is 0. The Morgan fingerprint density at radius 1 is 1.00 bits per heavy atom. The quantitative estimate of drug-likeness (QED) is 0.550. The standard InChI is InChI=1S/C24H20N2O3/c1-15-5-6-16-7-9-19(24(27)23(16)26-15)20(13-18-4-2-3-11-25-18)17-8-10-21-22(12-17)29-14-28-21/h2-12,20,27H,13-14H2,1H3. The van der Waals surface area contributed by atoms with E-state index in [0.717, 1.165) is 39.4 Å². The van der Waals surface area contributed by atoms with Crippen LogP contribution in [0.4, 0.5) is 0 Å². The van der Waals surface area contributed by atoms with E-state index in [-0.39, 0.29) is 18.5 Å². The molecule has 29 heavy (non-hydrogen) atoms. The fourth-order valence-electron chi connectivity index (χ4n) is 3.83. The first-order chi connectivity index (χ1) is 14.2. The van der Waals surface area contributed by atoms with Crippen LogP contribution in [0.25, 0.3) is 10.9 Å². The molecule has 1 atom stereocenters. The van der Waals surface area contributed by atoms with Crippen molar-refractivity contribution in [1.29, 1.82) is 0 Å². The molecule has 2 aromatic carbocycles. The first kappa shape index (κ1) is 17.5. The van der Waals surface area contributed by atoms with Gasteiger partial charge in [0.15, 0.2) is 11.5 Å². The number of aromatic hydroxyl groups is 1. The summed E-state index contributed by atoms with van der Waals surface area (Å²) in [5, 5.41) is 12.1. The molecule has 2 aromatic heterocycles. The highest BCUT2D eigenvalue weighted by molar-refractivity contribution is 5.86. The van der Waals surface area contributed by atoms with E-state index in [4.69, 9.17) is 9.47 Å². The second kappa shape index (κ2) is 7.09. The smallest absolute Gasteiger partial charge is 0.231 e. The molecule has 5 rings (SSSR count). The van der Waals surface area contributed by atoms with Crippen molar-refractivity contribution in [3.8, 4) is 17.2 Å². The number of fused-ring (bicyclic) bond motifs is 2. The third-order valence-corrected chi connectivity index (χ3v) is 5.32. The van der Waals surface area contributed by atoms with Gasteiger partial charge in [-0.25, -0.2) is 4.98 Å². The van der Waals surface area contributed by atoms with Gasteiger partial charge >= 0.3 is 0 Å². The number of phenolic OH excluding ortho intramolecular Hbond substituents is 1. The van der Waals surface area contributed by atoms with Gasteiger partial charge in [-0.1, -0.05) is 30.3 Å². The van der Waals surface area contributed by atoms with Gasteiger partial charge in [0.1, 0.15) is 11.3 Å². The third kappa shape index (κ3) is 3.25. The number of benzene rings is 2. The van der Waals surface area contributed by atoms with E-state index < -0.39 is 0 Å². The van der Waals surface area contributed by atoms with Crippen LogP contribution in [0.1, 0.15) is 28.4 Å². The molecule has 0 amide bonds. The maximum Gasteiger partial charge on any atom is 0.231 e. The zero-order valence-corrected chi connectivity index (χ0v) is 16.0. The normalized spacial score (nSPS) is 13.6. The highest BCUT2D eigenvalue weighted by atomic mass is 16.7. The van der Waals surface area contributed by atoms with Crippen LogP contribution >= 0.6 is 0 Å². The predicted molar refractivity (Wildman–Crippen MR) is 110 cm³/mol. The van der Waals surface area contributed by atoms with Crippen LogP contribution in [0, 0.1) is 6.92 Å². The van der Waals surface area contributed by atoms with Crippen molar-refractivity contribution < 1.29 is 14.6 Å². The van der Waals surface area contributed by atoms with Crippen LogP contribution in [0.15, 0.2) is 66.9 Å². The molecule has 1 unspecified atom stereocenters. The highest BCUT2D eigenvalue weighted by Crippen LogP contribution is 2.41. The fourth-order valence-corrected chi connectivity index (χ4v) is 3.83. The Kier molecular flexibility index (Phi) is 4.28. The van der Waals surface area contributed by atoms with Crippen LogP contribution in [0.3, 0.4) is 0 Å². The predicted octanol–water partition coefficient (Wildman–Crippen LogP) is 4.75. The zero-order valence-electron chi connectivity index (χ0n) is 16.0. The van der Waals surface area contributed by atoms with Gasteiger partial charge in [-0.3, -0.25) is 4.98 Å². The number of ether oxygens (including phenoxy) is 2. The second-order valence-electron chi connectivity index (χ2n) is 7.22. The van der Waals surface area contributed by atoms with Crippen molar-refractivity contribution in [3.63, 3.8) is 0 Å². The molecule has 5 heteroatoms. The van der Waals surface area contributed by atoms with Gasteiger partial charge in [0.25, 0.3) is 0 Å². The van der Waals surface area contributed by atoms with Gasteiger partial charge in [0.05, 0.1) is 0 Å². The van der Waals surface area contributed by atoms with E-state index in [1.807, 2.05) is 67.6 Å². The lowest BCUT2D eigenvalue weighted by Gasteiger charge is -2.20. The summed E-state index contributed by atoms with van der Waals surface area (Å²) in [5.74, 6) is 1.57. The van der Waals surface area contributed by atoms with Crippen molar-refractivity contribution in [1.82, 2.24) is 9.97 Å². The first-order valence-corrected chi connectivity index (χ1v) is 9.58. The Balaban J connectivity index is 1.66. The topological polar surface area (TPSA) is 64.5 Å². The van der Waals surface area contributed by atoms with Crippen LogP contribution in [-0.4, -0.2) is 21.9 Å². The average Bonchev–Trinajstić information content (AvgIpc) is 3.22. The molecular weight excluding hydrogens is 364 g/mol. The Bertz CT molecular complexity index is 1190. The van der Waals surface area contributed by atoms with Gasteiger partial charge < -0.3 is 14.6 Å². The average molecular weight is 384 g/mol. The molecule has 0 radical (unpaired) electrons. The molecule has 1 aliphatic rings. The third-order valence-electron chi connectivity index (χ3n) is 5.32. The molecule has 0 fully saturated rings. The van der Waals surface area contributed by atoms with Gasteiger partial charge in [-0.2, -0.15) is 0 Å². The number of pyridine rings is 2. The molecule has 0 saturated carbocycles. The largest absolute Gasteiger partial charge is 0.505 e. The number of rotatable bonds is 4. The number of hydrogen-bond acceptors (Lipinski definition) is 5. The van der Waals surface area contributed by atoms with Crippen molar-refractivity contribution in [2.45, 2.75) is 19.3 Å². The highest BCUT2D eigenvalue weighted by Gasteiger charge is 2.23.